The average molecular weight is 292 g/mol. The molecule has 21 heavy (non-hydrogen) atoms. The van der Waals surface area contributed by atoms with Crippen molar-refractivity contribution in [2.75, 3.05) is 26.2 Å². The number of morpholine rings is 1. The van der Waals surface area contributed by atoms with Crippen LogP contribution in [0, 0.1) is 5.41 Å². The molecule has 0 radical (unpaired) electrons. The van der Waals surface area contributed by atoms with Crippen molar-refractivity contribution in [3.63, 3.8) is 0 Å². The summed E-state index contributed by atoms with van der Waals surface area (Å²) in [6.07, 6.45) is 6.93. The molecule has 2 N–H and O–H groups in total. The van der Waals surface area contributed by atoms with Crippen molar-refractivity contribution >= 4 is 0 Å². The number of rotatable bonds is 4. The highest BCUT2D eigenvalue weighted by Gasteiger charge is 2.38. The first-order valence-electron chi connectivity index (χ1n) is 8.16. The summed E-state index contributed by atoms with van der Waals surface area (Å²) in [7, 11) is 0. The molecule has 1 aromatic rings. The summed E-state index contributed by atoms with van der Waals surface area (Å²) in [5.41, 5.74) is 6.11. The molecule has 1 aliphatic carbocycles. The van der Waals surface area contributed by atoms with E-state index in [0.717, 1.165) is 25.5 Å². The van der Waals surface area contributed by atoms with Gasteiger partial charge in [-0.25, -0.2) is 0 Å². The third-order valence-electron chi connectivity index (χ3n) is 5.53. The van der Waals surface area contributed by atoms with Gasteiger partial charge in [0.15, 0.2) is 0 Å². The fraction of sp³-hybridized carbons (Fsp3) is 0.867. The number of aromatic nitrogens is 2. The molecule has 1 aromatic heterocycles. The Bertz CT molecular complexity index is 494. The summed E-state index contributed by atoms with van der Waals surface area (Å²) in [5, 5.41) is 4.15. The molecule has 6 nitrogen and oxygen atoms in total. The fourth-order valence-electron chi connectivity index (χ4n) is 3.89. The Morgan fingerprint density at radius 2 is 2.24 bits per heavy atom. The number of nitrogens with two attached hydrogens (primary N) is 1. The van der Waals surface area contributed by atoms with Gasteiger partial charge in [-0.05, 0) is 44.2 Å². The average Bonchev–Trinajstić information content (AvgIpc) is 3.11. The van der Waals surface area contributed by atoms with Crippen molar-refractivity contribution in [3.05, 3.63) is 11.7 Å². The molecule has 4 rings (SSSR count). The van der Waals surface area contributed by atoms with Gasteiger partial charge in [0, 0.05) is 19.0 Å². The molecule has 116 valence electrons. The normalized spacial score (nSPS) is 31.9. The smallest absolute Gasteiger partial charge is 0.227 e. The number of fused-ring (bicyclic) bond motifs is 1. The molecule has 2 unspecified atom stereocenters. The van der Waals surface area contributed by atoms with Crippen LogP contribution in [0.2, 0.25) is 0 Å². The lowest BCUT2D eigenvalue weighted by molar-refractivity contribution is -0.0548. The van der Waals surface area contributed by atoms with Crippen molar-refractivity contribution in [1.82, 2.24) is 15.0 Å². The van der Waals surface area contributed by atoms with Crippen LogP contribution in [0.5, 0.6) is 0 Å². The van der Waals surface area contributed by atoms with Crippen LogP contribution in [0.15, 0.2) is 4.52 Å². The Labute approximate surface area is 125 Å². The van der Waals surface area contributed by atoms with Crippen molar-refractivity contribution in [3.8, 4) is 0 Å². The van der Waals surface area contributed by atoms with Gasteiger partial charge in [-0.3, -0.25) is 4.90 Å². The lowest BCUT2D eigenvalue weighted by atomic mass is 9.67. The Balaban J connectivity index is 1.42. The van der Waals surface area contributed by atoms with Gasteiger partial charge in [0.25, 0.3) is 0 Å². The number of ether oxygens (including phenoxy) is 1. The molecule has 1 saturated carbocycles. The maximum Gasteiger partial charge on any atom is 0.227 e. The van der Waals surface area contributed by atoms with Gasteiger partial charge in [-0.15, -0.1) is 0 Å². The first kappa shape index (κ1) is 13.7. The molecule has 2 aliphatic heterocycles. The predicted octanol–water partition coefficient (Wildman–Crippen LogP) is 1.28. The summed E-state index contributed by atoms with van der Waals surface area (Å²) < 4.78 is 11.4. The van der Waals surface area contributed by atoms with E-state index in [4.69, 9.17) is 15.0 Å². The fourth-order valence-corrected chi connectivity index (χ4v) is 3.89. The van der Waals surface area contributed by atoms with Gasteiger partial charge in [0.05, 0.1) is 6.61 Å². The monoisotopic (exact) mass is 292 g/mol. The van der Waals surface area contributed by atoms with E-state index in [-0.39, 0.29) is 11.5 Å². The van der Waals surface area contributed by atoms with Crippen molar-refractivity contribution in [2.24, 2.45) is 11.1 Å². The third-order valence-corrected chi connectivity index (χ3v) is 5.53. The first-order chi connectivity index (χ1) is 10.3. The van der Waals surface area contributed by atoms with Gasteiger partial charge in [-0.2, -0.15) is 4.98 Å². The van der Waals surface area contributed by atoms with Crippen LogP contribution >= 0.6 is 0 Å². The molecular weight excluding hydrogens is 268 g/mol. The van der Waals surface area contributed by atoms with Crippen molar-refractivity contribution in [1.29, 1.82) is 0 Å². The maximum absolute atomic E-state index is 5.94. The molecule has 2 saturated heterocycles. The third kappa shape index (κ3) is 2.49. The molecular formula is C15H24N4O2. The SMILES string of the molecule is NCC1(Cc2nc(C3CN4CCCC4CO3)no2)CCC1. The minimum Gasteiger partial charge on any atom is -0.367 e. The van der Waals surface area contributed by atoms with Crippen LogP contribution < -0.4 is 5.73 Å². The van der Waals surface area contributed by atoms with Crippen LogP contribution in [-0.2, 0) is 11.2 Å². The van der Waals surface area contributed by atoms with Crippen LogP contribution in [0.1, 0.15) is 49.9 Å². The van der Waals surface area contributed by atoms with Crippen LogP contribution in [0.3, 0.4) is 0 Å². The lowest BCUT2D eigenvalue weighted by Gasteiger charge is -2.39. The maximum atomic E-state index is 5.94. The minimum absolute atomic E-state index is 0.0351. The van der Waals surface area contributed by atoms with E-state index in [0.29, 0.717) is 18.4 Å². The second kappa shape index (κ2) is 5.34. The Morgan fingerprint density at radius 1 is 1.33 bits per heavy atom. The van der Waals surface area contributed by atoms with Gasteiger partial charge in [-0.1, -0.05) is 11.6 Å². The van der Waals surface area contributed by atoms with E-state index >= 15 is 0 Å². The van der Waals surface area contributed by atoms with Crippen LogP contribution in [0.25, 0.3) is 0 Å². The number of nitrogens with zero attached hydrogens (tertiary/aromatic N) is 3. The standard InChI is InChI=1S/C15H24N4O2/c16-10-15(4-2-5-15)7-13-17-14(18-21-13)12-8-19-6-1-3-11(19)9-20-12/h11-12H,1-10,16H2. The number of hydrogen-bond donors (Lipinski definition) is 1. The summed E-state index contributed by atoms with van der Waals surface area (Å²) in [4.78, 5) is 7.08. The largest absolute Gasteiger partial charge is 0.367 e. The molecule has 6 heteroatoms. The lowest BCUT2D eigenvalue weighted by Crippen LogP contribution is -2.42. The van der Waals surface area contributed by atoms with E-state index in [2.05, 4.69) is 15.0 Å². The van der Waals surface area contributed by atoms with Crippen LogP contribution in [0.4, 0.5) is 0 Å². The predicted molar refractivity (Wildman–Crippen MR) is 76.6 cm³/mol. The van der Waals surface area contributed by atoms with E-state index in [9.17, 15) is 0 Å². The summed E-state index contributed by atoms with van der Waals surface area (Å²) >= 11 is 0. The van der Waals surface area contributed by atoms with E-state index < -0.39 is 0 Å². The summed E-state index contributed by atoms with van der Waals surface area (Å²) in [6, 6.07) is 0.600. The van der Waals surface area contributed by atoms with Crippen LogP contribution in [-0.4, -0.2) is 47.3 Å². The summed E-state index contributed by atoms with van der Waals surface area (Å²) in [5.74, 6) is 1.43. The molecule has 0 amide bonds. The topological polar surface area (TPSA) is 77.4 Å². The van der Waals surface area contributed by atoms with Gasteiger partial charge >= 0.3 is 0 Å². The second-order valence-corrected chi connectivity index (χ2v) is 6.89. The quantitative estimate of drug-likeness (QED) is 0.900. The van der Waals surface area contributed by atoms with Gasteiger partial charge in [0.1, 0.15) is 6.10 Å². The van der Waals surface area contributed by atoms with E-state index in [1.54, 1.807) is 0 Å². The zero-order valence-electron chi connectivity index (χ0n) is 12.5. The molecule has 3 aliphatic rings. The second-order valence-electron chi connectivity index (χ2n) is 6.89. The molecule has 0 aromatic carbocycles. The van der Waals surface area contributed by atoms with Gasteiger partial charge < -0.3 is 15.0 Å². The Hall–Kier alpha value is -0.980. The highest BCUT2D eigenvalue weighted by molar-refractivity contribution is 5.01. The number of hydrogen-bond acceptors (Lipinski definition) is 6. The zero-order valence-corrected chi connectivity index (χ0v) is 12.5. The molecule has 0 bridgehead atoms. The van der Waals surface area contributed by atoms with E-state index in [1.165, 1.54) is 38.6 Å². The van der Waals surface area contributed by atoms with E-state index in [1.807, 2.05) is 0 Å². The molecule has 3 fully saturated rings. The zero-order chi connectivity index (χ0) is 14.3. The Morgan fingerprint density at radius 3 is 3.00 bits per heavy atom. The molecule has 3 heterocycles. The van der Waals surface area contributed by atoms with Gasteiger partial charge in [0.2, 0.25) is 11.7 Å². The minimum atomic E-state index is -0.0351. The highest BCUT2D eigenvalue weighted by atomic mass is 16.5. The summed E-state index contributed by atoms with van der Waals surface area (Å²) in [6.45, 7) is 3.57. The first-order valence-corrected chi connectivity index (χ1v) is 8.16. The van der Waals surface area contributed by atoms with Crippen molar-refractivity contribution < 1.29 is 9.26 Å². The molecule has 2 atom stereocenters. The Kier molecular flexibility index (Phi) is 3.47. The highest BCUT2D eigenvalue weighted by Crippen LogP contribution is 2.42. The van der Waals surface area contributed by atoms with Crippen molar-refractivity contribution in [2.45, 2.75) is 50.7 Å². The molecule has 0 spiro atoms.